The van der Waals surface area contributed by atoms with Gasteiger partial charge >= 0.3 is 0 Å². The zero-order valence-corrected chi connectivity index (χ0v) is 20.9. The zero-order valence-electron chi connectivity index (χ0n) is 20.9. The Morgan fingerprint density at radius 2 is 1.49 bits per heavy atom. The SMILES string of the molecule is CNC1C(O[C@H]2OC(CO)[C@@H](N)[C@H](O)C2O)O[C@H]2CC(N)[C@@H](O[C@@H]3C(N)C[C@@H](C)C(O)[C@H]3O)OC2C1O. The van der Waals surface area contributed by atoms with Crippen LogP contribution in [0.4, 0.5) is 0 Å². The summed E-state index contributed by atoms with van der Waals surface area (Å²) in [4.78, 5) is 0. The lowest BCUT2D eigenvalue weighted by molar-refractivity contribution is -0.373. The van der Waals surface area contributed by atoms with Gasteiger partial charge in [-0.1, -0.05) is 6.92 Å². The maximum Gasteiger partial charge on any atom is 0.189 e. The molecule has 17 atom stereocenters. The molecule has 4 aliphatic rings. The van der Waals surface area contributed by atoms with Crippen molar-refractivity contribution in [1.29, 1.82) is 0 Å². The minimum Gasteiger partial charge on any atom is -0.394 e. The number of ether oxygens (including phenoxy) is 5. The first-order chi connectivity index (χ1) is 17.5. The fraction of sp³-hybridized carbons (Fsp3) is 1.00. The summed E-state index contributed by atoms with van der Waals surface area (Å²) in [5, 5.41) is 65.0. The van der Waals surface area contributed by atoms with Crippen LogP contribution in [0.1, 0.15) is 19.8 Å². The topological polar surface area (TPSA) is 258 Å². The maximum absolute atomic E-state index is 11.1. The first-order valence-corrected chi connectivity index (χ1v) is 12.7. The van der Waals surface area contributed by atoms with Crippen LogP contribution >= 0.6 is 0 Å². The van der Waals surface area contributed by atoms with E-state index in [9.17, 15) is 30.6 Å². The molecule has 3 saturated heterocycles. The summed E-state index contributed by atoms with van der Waals surface area (Å²) in [6, 6.07) is -3.17. The zero-order chi connectivity index (χ0) is 27.2. The molecule has 0 radical (unpaired) electrons. The van der Waals surface area contributed by atoms with E-state index in [-0.39, 0.29) is 12.3 Å². The monoisotopic (exact) mass is 538 g/mol. The molecule has 13 N–H and O–H groups in total. The first-order valence-electron chi connectivity index (χ1n) is 12.7. The molecule has 0 aromatic rings. The number of likely N-dealkylation sites (N-methyl/N-ethyl adjacent to an activating group) is 1. The van der Waals surface area contributed by atoms with Gasteiger partial charge < -0.3 is 76.8 Å². The minimum atomic E-state index is -1.53. The third-order valence-electron chi connectivity index (χ3n) is 7.99. The van der Waals surface area contributed by atoms with Gasteiger partial charge in [0.15, 0.2) is 18.9 Å². The Morgan fingerprint density at radius 3 is 2.14 bits per heavy atom. The van der Waals surface area contributed by atoms with E-state index >= 15 is 0 Å². The van der Waals surface area contributed by atoms with Gasteiger partial charge in [0.05, 0.1) is 36.9 Å². The molecule has 15 nitrogen and oxygen atoms in total. The fourth-order valence-electron chi connectivity index (χ4n) is 5.65. The fourth-order valence-corrected chi connectivity index (χ4v) is 5.65. The summed E-state index contributed by atoms with van der Waals surface area (Å²) < 4.78 is 29.3. The Kier molecular flexibility index (Phi) is 9.43. The molecule has 4 fully saturated rings. The van der Waals surface area contributed by atoms with Crippen LogP contribution in [0.15, 0.2) is 0 Å². The highest BCUT2D eigenvalue weighted by Crippen LogP contribution is 2.36. The summed E-state index contributed by atoms with van der Waals surface area (Å²) in [6.45, 7) is 1.29. The predicted molar refractivity (Wildman–Crippen MR) is 124 cm³/mol. The molecule has 9 unspecified atom stereocenters. The van der Waals surface area contributed by atoms with Crippen LogP contribution in [-0.4, -0.2) is 142 Å². The van der Waals surface area contributed by atoms with Gasteiger partial charge in [-0.25, -0.2) is 0 Å². The highest BCUT2D eigenvalue weighted by Gasteiger charge is 2.54. The molecule has 0 aromatic carbocycles. The number of nitrogens with two attached hydrogens (primary N) is 3. The van der Waals surface area contributed by atoms with Gasteiger partial charge in [0, 0.05) is 6.04 Å². The second-order valence-corrected chi connectivity index (χ2v) is 10.6. The van der Waals surface area contributed by atoms with Crippen LogP contribution in [0.25, 0.3) is 0 Å². The molecule has 0 bridgehead atoms. The van der Waals surface area contributed by atoms with Gasteiger partial charge in [0.2, 0.25) is 0 Å². The number of aliphatic hydroxyl groups excluding tert-OH is 6. The van der Waals surface area contributed by atoms with Crippen molar-refractivity contribution in [3.8, 4) is 0 Å². The highest BCUT2D eigenvalue weighted by molar-refractivity contribution is 5.01. The molecule has 37 heavy (non-hydrogen) atoms. The molecule has 3 aliphatic heterocycles. The van der Waals surface area contributed by atoms with Crippen LogP contribution in [0, 0.1) is 5.92 Å². The molecule has 4 rings (SSSR count). The molecular formula is C22H42N4O11. The summed E-state index contributed by atoms with van der Waals surface area (Å²) in [6.07, 6.45) is -12.9. The number of rotatable bonds is 6. The van der Waals surface area contributed by atoms with Crippen molar-refractivity contribution in [1.82, 2.24) is 5.32 Å². The van der Waals surface area contributed by atoms with Gasteiger partial charge in [0.25, 0.3) is 0 Å². The van der Waals surface area contributed by atoms with Crippen molar-refractivity contribution >= 4 is 0 Å². The van der Waals surface area contributed by atoms with Gasteiger partial charge in [-0.3, -0.25) is 0 Å². The Labute approximate surface area is 214 Å². The van der Waals surface area contributed by atoms with Crippen molar-refractivity contribution in [2.45, 2.75) is 118 Å². The maximum atomic E-state index is 11.1. The molecule has 0 amide bonds. The number of nitrogens with one attached hydrogen (secondary N) is 1. The lowest BCUT2D eigenvalue weighted by Crippen LogP contribution is -2.70. The van der Waals surface area contributed by atoms with Crippen molar-refractivity contribution in [2.75, 3.05) is 13.7 Å². The quantitative estimate of drug-likeness (QED) is 0.151. The second-order valence-electron chi connectivity index (χ2n) is 10.6. The Morgan fingerprint density at radius 1 is 0.784 bits per heavy atom. The average molecular weight is 539 g/mol. The van der Waals surface area contributed by atoms with Gasteiger partial charge in [0.1, 0.15) is 42.7 Å². The van der Waals surface area contributed by atoms with Crippen molar-refractivity contribution < 1.29 is 54.3 Å². The molecule has 0 spiro atoms. The smallest absolute Gasteiger partial charge is 0.189 e. The summed E-state index contributed by atoms with van der Waals surface area (Å²) in [7, 11) is 1.57. The highest BCUT2D eigenvalue weighted by atomic mass is 16.8. The van der Waals surface area contributed by atoms with Crippen LogP contribution in [0.2, 0.25) is 0 Å². The molecule has 3 heterocycles. The molecule has 0 aromatic heterocycles. The normalized spacial score (nSPS) is 55.1. The van der Waals surface area contributed by atoms with Crippen LogP contribution < -0.4 is 22.5 Å². The van der Waals surface area contributed by atoms with E-state index in [4.69, 9.17) is 40.9 Å². The van der Waals surface area contributed by atoms with E-state index in [0.29, 0.717) is 6.42 Å². The van der Waals surface area contributed by atoms with E-state index < -0.39 is 105 Å². The molecule has 1 saturated carbocycles. The number of hydrogen-bond donors (Lipinski definition) is 10. The molecular weight excluding hydrogens is 496 g/mol. The van der Waals surface area contributed by atoms with Crippen LogP contribution in [0.5, 0.6) is 0 Å². The summed E-state index contributed by atoms with van der Waals surface area (Å²) in [5.41, 5.74) is 18.3. The third kappa shape index (κ3) is 5.68. The van der Waals surface area contributed by atoms with Crippen molar-refractivity contribution in [3.05, 3.63) is 0 Å². The van der Waals surface area contributed by atoms with Crippen molar-refractivity contribution in [2.24, 2.45) is 23.1 Å². The lowest BCUT2D eigenvalue weighted by atomic mass is 9.80. The van der Waals surface area contributed by atoms with Crippen molar-refractivity contribution in [3.63, 3.8) is 0 Å². The van der Waals surface area contributed by atoms with Gasteiger partial charge in [-0.15, -0.1) is 0 Å². The molecule has 1 aliphatic carbocycles. The van der Waals surface area contributed by atoms with E-state index in [1.807, 2.05) is 0 Å². The average Bonchev–Trinajstić information content (AvgIpc) is 2.86. The van der Waals surface area contributed by atoms with Crippen LogP contribution in [0.3, 0.4) is 0 Å². The number of hydrogen-bond acceptors (Lipinski definition) is 15. The Balaban J connectivity index is 1.43. The van der Waals surface area contributed by atoms with Crippen LogP contribution in [-0.2, 0) is 23.7 Å². The van der Waals surface area contributed by atoms with Gasteiger partial charge in [-0.2, -0.15) is 0 Å². The first kappa shape index (κ1) is 29.4. The number of fused-ring (bicyclic) bond motifs is 1. The second kappa shape index (κ2) is 11.9. The standard InChI is InChI=1S/C22H42N4O11/c1-6-3-7(23)18(16(31)13(6)28)35-20-8(24)4-9-19(36-20)15(30)12(26-2)21(33-9)37-22-17(32)14(29)11(25)10(5-27)34-22/h6-22,26-32H,3-5,23-25H2,1-2H3/t6-,7?,8?,9+,10?,11-,12?,13?,14+,15?,16-,17?,18-,19?,20+,21?,22-/m1/s1. The summed E-state index contributed by atoms with van der Waals surface area (Å²) in [5.74, 6) is -0.201. The predicted octanol–water partition coefficient (Wildman–Crippen LogP) is -5.64. The van der Waals surface area contributed by atoms with E-state index in [0.717, 1.165) is 0 Å². The van der Waals surface area contributed by atoms with E-state index in [1.165, 1.54) is 0 Å². The van der Waals surface area contributed by atoms with E-state index in [1.54, 1.807) is 14.0 Å². The minimum absolute atomic E-state index is 0.181. The molecule has 15 heteroatoms. The lowest BCUT2D eigenvalue weighted by Gasteiger charge is -2.51. The Bertz CT molecular complexity index is 753. The summed E-state index contributed by atoms with van der Waals surface area (Å²) >= 11 is 0. The largest absolute Gasteiger partial charge is 0.394 e. The van der Waals surface area contributed by atoms with Gasteiger partial charge in [-0.05, 0) is 25.8 Å². The third-order valence-corrected chi connectivity index (χ3v) is 7.99. The van der Waals surface area contributed by atoms with E-state index in [2.05, 4.69) is 5.32 Å². The Hall–Kier alpha value is -0.600. The molecule has 216 valence electrons. The number of aliphatic hydroxyl groups is 6.